The summed E-state index contributed by atoms with van der Waals surface area (Å²) in [6.45, 7) is 10.4. The van der Waals surface area contributed by atoms with Gasteiger partial charge in [0.25, 0.3) is 5.56 Å². The number of hydrogen-bond acceptors (Lipinski definition) is 5. The molecule has 8 heteroatoms. The standard InChI is InChI=1S/C26H33ClN4O2S/c1-15(2)18-6-8-20(9-7-18)34(33)21-10-11-23(17(5)12-21)29-26-28-14-19-13-22(27)25(32)31(16(3)4)24(19)30-26/h10-16,18,20H,6-9H2,1-5H3,(H,28,29,30)/t18?,20?,34-/m0/s1. The monoisotopic (exact) mass is 500 g/mol. The minimum absolute atomic E-state index is 0.0944. The van der Waals surface area contributed by atoms with Crippen molar-refractivity contribution >= 4 is 45.1 Å². The van der Waals surface area contributed by atoms with Crippen LogP contribution in [-0.4, -0.2) is 24.0 Å². The fourth-order valence-corrected chi connectivity index (χ4v) is 6.60. The molecule has 182 valence electrons. The number of fused-ring (bicyclic) bond motifs is 1. The first-order valence-electron chi connectivity index (χ1n) is 12.0. The second-order valence-corrected chi connectivity index (χ2v) is 12.1. The molecule has 0 saturated heterocycles. The van der Waals surface area contributed by atoms with Crippen LogP contribution in [-0.2, 0) is 10.8 Å². The van der Waals surface area contributed by atoms with Gasteiger partial charge in [-0.1, -0.05) is 25.4 Å². The molecule has 1 aromatic carbocycles. The molecule has 1 aliphatic rings. The van der Waals surface area contributed by atoms with Gasteiger partial charge in [0.2, 0.25) is 5.95 Å². The molecule has 6 nitrogen and oxygen atoms in total. The van der Waals surface area contributed by atoms with Crippen LogP contribution in [0.3, 0.4) is 0 Å². The summed E-state index contributed by atoms with van der Waals surface area (Å²) in [6.07, 6.45) is 6.06. The Morgan fingerprint density at radius 1 is 1.12 bits per heavy atom. The van der Waals surface area contributed by atoms with E-state index in [1.807, 2.05) is 39.0 Å². The van der Waals surface area contributed by atoms with Gasteiger partial charge < -0.3 is 5.32 Å². The normalized spacial score (nSPS) is 19.6. The number of pyridine rings is 1. The van der Waals surface area contributed by atoms with Crippen molar-refractivity contribution in [1.82, 2.24) is 14.5 Å². The predicted molar refractivity (Wildman–Crippen MR) is 141 cm³/mol. The molecule has 1 aliphatic carbocycles. The highest BCUT2D eigenvalue weighted by Crippen LogP contribution is 2.34. The van der Waals surface area contributed by atoms with Gasteiger partial charge in [-0.25, -0.2) is 4.98 Å². The summed E-state index contributed by atoms with van der Waals surface area (Å²) in [5, 5.41) is 4.35. The summed E-state index contributed by atoms with van der Waals surface area (Å²) < 4.78 is 14.8. The van der Waals surface area contributed by atoms with Crippen LogP contribution in [0.5, 0.6) is 0 Å². The van der Waals surface area contributed by atoms with E-state index >= 15 is 0 Å². The van der Waals surface area contributed by atoms with Gasteiger partial charge in [0.05, 0.1) is 10.8 Å². The second-order valence-electron chi connectivity index (χ2n) is 9.91. The van der Waals surface area contributed by atoms with Crippen molar-refractivity contribution in [2.75, 3.05) is 5.32 Å². The van der Waals surface area contributed by atoms with Crippen molar-refractivity contribution in [2.45, 2.75) is 76.5 Å². The summed E-state index contributed by atoms with van der Waals surface area (Å²) in [4.78, 5) is 22.4. The second kappa shape index (κ2) is 10.2. The van der Waals surface area contributed by atoms with Gasteiger partial charge in [0.15, 0.2) is 0 Å². The smallest absolute Gasteiger partial charge is 0.271 e. The number of rotatable bonds is 6. The van der Waals surface area contributed by atoms with E-state index in [-0.39, 0.29) is 21.9 Å². The quantitative estimate of drug-likeness (QED) is 0.423. The van der Waals surface area contributed by atoms with Gasteiger partial charge in [0.1, 0.15) is 10.7 Å². The average molecular weight is 501 g/mol. The summed E-state index contributed by atoms with van der Waals surface area (Å²) in [5.41, 5.74) is 2.09. The molecule has 0 bridgehead atoms. The summed E-state index contributed by atoms with van der Waals surface area (Å²) in [7, 11) is -1.00. The van der Waals surface area contributed by atoms with Gasteiger partial charge >= 0.3 is 0 Å². The molecule has 0 aliphatic heterocycles. The molecule has 1 fully saturated rings. The van der Waals surface area contributed by atoms with E-state index in [0.29, 0.717) is 22.9 Å². The van der Waals surface area contributed by atoms with Crippen LogP contribution in [0.15, 0.2) is 40.2 Å². The Balaban J connectivity index is 1.55. The van der Waals surface area contributed by atoms with E-state index in [1.54, 1.807) is 16.8 Å². The molecule has 0 spiro atoms. The van der Waals surface area contributed by atoms with Crippen LogP contribution < -0.4 is 10.9 Å². The Bertz CT molecular complexity index is 1280. The van der Waals surface area contributed by atoms with Gasteiger partial charge in [-0.2, -0.15) is 4.98 Å². The minimum Gasteiger partial charge on any atom is -0.324 e. The molecular formula is C26H33ClN4O2S. The van der Waals surface area contributed by atoms with E-state index in [1.165, 1.54) is 12.8 Å². The lowest BCUT2D eigenvalue weighted by atomic mass is 9.81. The molecule has 0 radical (unpaired) electrons. The van der Waals surface area contributed by atoms with Crippen molar-refractivity contribution in [1.29, 1.82) is 0 Å². The van der Waals surface area contributed by atoms with Crippen LogP contribution in [0, 0.1) is 18.8 Å². The van der Waals surface area contributed by atoms with Crippen molar-refractivity contribution in [2.24, 2.45) is 11.8 Å². The molecule has 0 unspecified atom stereocenters. The highest BCUT2D eigenvalue weighted by Gasteiger charge is 2.27. The van der Waals surface area contributed by atoms with Gasteiger partial charge in [-0.05, 0) is 88.1 Å². The van der Waals surface area contributed by atoms with E-state index in [4.69, 9.17) is 11.6 Å². The molecule has 1 saturated carbocycles. The SMILES string of the molecule is Cc1cc([S@@](=O)C2CCC(C(C)C)CC2)ccc1Nc1ncc2cc(Cl)c(=O)n(C(C)C)c2n1. The molecule has 1 atom stereocenters. The first kappa shape index (κ1) is 24.9. The molecule has 4 rings (SSSR count). The molecule has 2 aromatic heterocycles. The van der Waals surface area contributed by atoms with Crippen LogP contribution in [0.4, 0.5) is 11.6 Å². The summed E-state index contributed by atoms with van der Waals surface area (Å²) in [6, 6.07) is 7.38. The van der Waals surface area contributed by atoms with E-state index < -0.39 is 10.8 Å². The number of aryl methyl sites for hydroxylation is 1. The largest absolute Gasteiger partial charge is 0.324 e. The Morgan fingerprint density at radius 2 is 1.82 bits per heavy atom. The van der Waals surface area contributed by atoms with Gasteiger partial charge in [-0.3, -0.25) is 13.6 Å². The highest BCUT2D eigenvalue weighted by molar-refractivity contribution is 7.85. The molecule has 0 amide bonds. The molecule has 1 N–H and O–H groups in total. The van der Waals surface area contributed by atoms with E-state index in [9.17, 15) is 9.00 Å². The Kier molecular flexibility index (Phi) is 7.43. The molecule has 3 aromatic rings. The number of aromatic nitrogens is 3. The fourth-order valence-electron chi connectivity index (χ4n) is 4.81. The van der Waals surface area contributed by atoms with Crippen LogP contribution in [0.25, 0.3) is 11.0 Å². The fraction of sp³-hybridized carbons (Fsp3) is 0.500. The lowest BCUT2D eigenvalue weighted by molar-refractivity contribution is 0.282. The number of benzene rings is 1. The first-order valence-corrected chi connectivity index (χ1v) is 13.6. The molecular weight excluding hydrogens is 468 g/mol. The highest BCUT2D eigenvalue weighted by atomic mass is 35.5. The van der Waals surface area contributed by atoms with Crippen LogP contribution in [0.1, 0.15) is 65.0 Å². The minimum atomic E-state index is -1.00. The van der Waals surface area contributed by atoms with E-state index in [2.05, 4.69) is 29.1 Å². The lowest BCUT2D eigenvalue weighted by Gasteiger charge is -2.30. The Morgan fingerprint density at radius 3 is 2.44 bits per heavy atom. The van der Waals surface area contributed by atoms with Crippen LogP contribution >= 0.6 is 11.6 Å². The van der Waals surface area contributed by atoms with Gasteiger partial charge in [-0.15, -0.1) is 0 Å². The van der Waals surface area contributed by atoms with Crippen LogP contribution in [0.2, 0.25) is 5.02 Å². The zero-order valence-electron chi connectivity index (χ0n) is 20.5. The van der Waals surface area contributed by atoms with E-state index in [0.717, 1.165) is 34.9 Å². The van der Waals surface area contributed by atoms with Crippen molar-refractivity contribution in [3.63, 3.8) is 0 Å². The third-order valence-corrected chi connectivity index (χ3v) is 8.95. The van der Waals surface area contributed by atoms with Crippen molar-refractivity contribution in [3.05, 3.63) is 51.4 Å². The van der Waals surface area contributed by atoms with Crippen molar-refractivity contribution < 1.29 is 4.21 Å². The Labute approximate surface area is 208 Å². The molecule has 2 heterocycles. The predicted octanol–water partition coefficient (Wildman–Crippen LogP) is 6.40. The third kappa shape index (κ3) is 5.05. The average Bonchev–Trinajstić information content (AvgIpc) is 2.80. The summed E-state index contributed by atoms with van der Waals surface area (Å²) in [5.74, 6) is 1.85. The number of hydrogen-bond donors (Lipinski definition) is 1. The number of halogens is 1. The number of nitrogens with one attached hydrogen (secondary N) is 1. The number of anilines is 2. The lowest BCUT2D eigenvalue weighted by Crippen LogP contribution is -2.25. The number of nitrogens with zero attached hydrogens (tertiary/aromatic N) is 3. The Hall–Kier alpha value is -2.25. The maximum absolute atomic E-state index is 13.2. The summed E-state index contributed by atoms with van der Waals surface area (Å²) >= 11 is 6.12. The zero-order valence-corrected chi connectivity index (χ0v) is 22.0. The third-order valence-electron chi connectivity index (χ3n) is 6.89. The zero-order chi connectivity index (χ0) is 24.6. The maximum atomic E-state index is 13.2. The topological polar surface area (TPSA) is 76.9 Å². The first-order chi connectivity index (χ1) is 16.2. The van der Waals surface area contributed by atoms with Crippen molar-refractivity contribution in [3.8, 4) is 0 Å². The maximum Gasteiger partial charge on any atom is 0.271 e. The van der Waals surface area contributed by atoms with Gasteiger partial charge in [0, 0.05) is 33.5 Å². The molecule has 34 heavy (non-hydrogen) atoms.